The van der Waals surface area contributed by atoms with Crippen LogP contribution in [0, 0.1) is 0 Å². The number of rotatable bonds is 5. The number of hydrogen-bond acceptors (Lipinski definition) is 7. The van der Waals surface area contributed by atoms with Gasteiger partial charge in [-0.15, -0.1) is 0 Å². The lowest BCUT2D eigenvalue weighted by atomic mass is 10.2. The Morgan fingerprint density at radius 1 is 1.08 bits per heavy atom. The van der Waals surface area contributed by atoms with E-state index in [4.69, 9.17) is 4.98 Å². The highest BCUT2D eigenvalue weighted by molar-refractivity contribution is 5.39. The Morgan fingerprint density at radius 2 is 1.84 bits per heavy atom. The molecule has 3 heterocycles. The molecule has 7 heteroatoms. The van der Waals surface area contributed by atoms with Gasteiger partial charge in [0.25, 0.3) is 0 Å². The van der Waals surface area contributed by atoms with Gasteiger partial charge in [-0.1, -0.05) is 19.9 Å². The van der Waals surface area contributed by atoms with Crippen LogP contribution in [0.4, 0.5) is 11.9 Å². The second-order valence-electron chi connectivity index (χ2n) is 6.97. The van der Waals surface area contributed by atoms with Gasteiger partial charge in [0.2, 0.25) is 11.9 Å². The third-order valence-electron chi connectivity index (χ3n) is 4.33. The van der Waals surface area contributed by atoms with Crippen molar-refractivity contribution in [3.05, 3.63) is 35.9 Å². The number of aromatic nitrogens is 4. The Labute approximate surface area is 149 Å². The molecule has 0 bridgehead atoms. The third kappa shape index (κ3) is 4.42. The molecule has 0 N–H and O–H groups in total. The summed E-state index contributed by atoms with van der Waals surface area (Å²) in [5, 5.41) is 0. The maximum absolute atomic E-state index is 4.70. The van der Waals surface area contributed by atoms with Gasteiger partial charge in [0.15, 0.2) is 0 Å². The van der Waals surface area contributed by atoms with Crippen LogP contribution in [0.5, 0.6) is 0 Å². The summed E-state index contributed by atoms with van der Waals surface area (Å²) in [6, 6.07) is 4.12. The fraction of sp³-hybridized carbons (Fsp3) is 0.556. The number of anilines is 2. The first-order chi connectivity index (χ1) is 12.0. The Balaban J connectivity index is 1.68. The first kappa shape index (κ1) is 17.5. The minimum atomic E-state index is 0.285. The van der Waals surface area contributed by atoms with E-state index in [9.17, 15) is 0 Å². The molecule has 25 heavy (non-hydrogen) atoms. The molecule has 0 aliphatic carbocycles. The lowest BCUT2D eigenvalue weighted by Gasteiger charge is -2.35. The van der Waals surface area contributed by atoms with Crippen molar-refractivity contribution >= 4 is 11.9 Å². The normalized spacial score (nSPS) is 15.6. The predicted molar refractivity (Wildman–Crippen MR) is 100.0 cm³/mol. The highest BCUT2D eigenvalue weighted by Gasteiger charge is 2.21. The van der Waals surface area contributed by atoms with Crippen LogP contribution in [-0.2, 0) is 6.54 Å². The van der Waals surface area contributed by atoms with Gasteiger partial charge >= 0.3 is 0 Å². The van der Waals surface area contributed by atoms with Crippen molar-refractivity contribution in [2.45, 2.75) is 26.3 Å². The third-order valence-corrected chi connectivity index (χ3v) is 4.33. The molecule has 1 fully saturated rings. The molecule has 0 spiro atoms. The molecule has 1 aliphatic heterocycles. The molecule has 134 valence electrons. The molecule has 0 amide bonds. The Hall–Kier alpha value is -2.28. The monoisotopic (exact) mass is 341 g/mol. The molecular formula is C18H27N7. The SMILES string of the molecule is CC(C)c1nc(N(C)C)nc(N2CCN(Cc3cccnc3)CC2)n1. The molecule has 0 unspecified atom stereocenters. The van der Waals surface area contributed by atoms with Gasteiger partial charge in [-0.3, -0.25) is 9.88 Å². The minimum absolute atomic E-state index is 0.285. The quantitative estimate of drug-likeness (QED) is 0.821. The van der Waals surface area contributed by atoms with Gasteiger partial charge in [-0.25, -0.2) is 0 Å². The largest absolute Gasteiger partial charge is 0.347 e. The van der Waals surface area contributed by atoms with E-state index in [-0.39, 0.29) is 5.92 Å². The summed E-state index contributed by atoms with van der Waals surface area (Å²) >= 11 is 0. The highest BCUT2D eigenvalue weighted by atomic mass is 15.4. The van der Waals surface area contributed by atoms with Crippen LogP contribution in [0.2, 0.25) is 0 Å². The molecule has 3 rings (SSSR count). The second-order valence-corrected chi connectivity index (χ2v) is 6.97. The average Bonchev–Trinajstić information content (AvgIpc) is 2.62. The second kappa shape index (κ2) is 7.74. The van der Waals surface area contributed by atoms with E-state index >= 15 is 0 Å². The van der Waals surface area contributed by atoms with Crippen molar-refractivity contribution in [3.63, 3.8) is 0 Å². The highest BCUT2D eigenvalue weighted by Crippen LogP contribution is 2.19. The lowest BCUT2D eigenvalue weighted by molar-refractivity contribution is 0.248. The predicted octanol–water partition coefficient (Wildman–Crippen LogP) is 1.78. The van der Waals surface area contributed by atoms with Crippen LogP contribution in [0.25, 0.3) is 0 Å². The number of pyridine rings is 1. The van der Waals surface area contributed by atoms with Crippen LogP contribution in [-0.4, -0.2) is 65.1 Å². The van der Waals surface area contributed by atoms with Gasteiger partial charge < -0.3 is 9.80 Å². The molecule has 0 aromatic carbocycles. The van der Waals surface area contributed by atoms with E-state index in [0.717, 1.165) is 50.4 Å². The minimum Gasteiger partial charge on any atom is -0.347 e. The van der Waals surface area contributed by atoms with E-state index < -0.39 is 0 Å². The maximum Gasteiger partial charge on any atom is 0.230 e. The first-order valence-electron chi connectivity index (χ1n) is 8.82. The number of nitrogens with zero attached hydrogens (tertiary/aromatic N) is 7. The van der Waals surface area contributed by atoms with E-state index in [1.807, 2.05) is 37.5 Å². The zero-order valence-electron chi connectivity index (χ0n) is 15.6. The number of hydrogen-bond donors (Lipinski definition) is 0. The standard InChI is InChI=1S/C18H27N7/c1-14(2)16-20-17(23(3)4)22-18(21-16)25-10-8-24(9-11-25)13-15-6-5-7-19-12-15/h5-7,12,14H,8-11,13H2,1-4H3. The van der Waals surface area contributed by atoms with Gasteiger partial charge in [-0.05, 0) is 11.6 Å². The van der Waals surface area contributed by atoms with Gasteiger partial charge in [-0.2, -0.15) is 15.0 Å². The summed E-state index contributed by atoms with van der Waals surface area (Å²) in [7, 11) is 3.93. The smallest absolute Gasteiger partial charge is 0.230 e. The van der Waals surface area contributed by atoms with E-state index in [2.05, 4.69) is 44.7 Å². The average molecular weight is 341 g/mol. The van der Waals surface area contributed by atoms with Crippen LogP contribution in [0.15, 0.2) is 24.5 Å². The van der Waals surface area contributed by atoms with Crippen molar-refractivity contribution in [2.75, 3.05) is 50.1 Å². The van der Waals surface area contributed by atoms with E-state index in [1.165, 1.54) is 5.56 Å². The van der Waals surface area contributed by atoms with Crippen LogP contribution < -0.4 is 9.80 Å². The zero-order chi connectivity index (χ0) is 17.8. The Kier molecular flexibility index (Phi) is 5.43. The molecule has 1 aliphatic rings. The van der Waals surface area contributed by atoms with Crippen molar-refractivity contribution in [1.82, 2.24) is 24.8 Å². The topological polar surface area (TPSA) is 61.3 Å². The van der Waals surface area contributed by atoms with Crippen molar-refractivity contribution in [3.8, 4) is 0 Å². The lowest BCUT2D eigenvalue weighted by Crippen LogP contribution is -2.46. The molecule has 7 nitrogen and oxygen atoms in total. The molecule has 2 aromatic rings. The summed E-state index contributed by atoms with van der Waals surface area (Å²) in [6.07, 6.45) is 3.76. The zero-order valence-corrected chi connectivity index (χ0v) is 15.6. The molecule has 1 saturated heterocycles. The molecule has 0 saturated carbocycles. The van der Waals surface area contributed by atoms with Crippen molar-refractivity contribution in [2.24, 2.45) is 0 Å². The fourth-order valence-corrected chi connectivity index (χ4v) is 2.82. The van der Waals surface area contributed by atoms with E-state index in [1.54, 1.807) is 0 Å². The fourth-order valence-electron chi connectivity index (χ4n) is 2.82. The van der Waals surface area contributed by atoms with Gasteiger partial charge in [0.1, 0.15) is 5.82 Å². The van der Waals surface area contributed by atoms with Crippen LogP contribution >= 0.6 is 0 Å². The van der Waals surface area contributed by atoms with Crippen molar-refractivity contribution in [1.29, 1.82) is 0 Å². The molecule has 0 radical (unpaired) electrons. The molecule has 2 aromatic heterocycles. The summed E-state index contributed by atoms with van der Waals surface area (Å²) in [5.74, 6) is 2.66. The number of piperazine rings is 1. The van der Waals surface area contributed by atoms with Crippen LogP contribution in [0.1, 0.15) is 31.2 Å². The van der Waals surface area contributed by atoms with Gasteiger partial charge in [0, 0.05) is 65.1 Å². The summed E-state index contributed by atoms with van der Waals surface area (Å²) in [4.78, 5) is 24.8. The van der Waals surface area contributed by atoms with E-state index in [0.29, 0.717) is 0 Å². The van der Waals surface area contributed by atoms with Gasteiger partial charge in [0.05, 0.1) is 0 Å². The Morgan fingerprint density at radius 3 is 2.44 bits per heavy atom. The maximum atomic E-state index is 4.70. The summed E-state index contributed by atoms with van der Waals surface area (Å²) in [5.41, 5.74) is 1.26. The van der Waals surface area contributed by atoms with Crippen molar-refractivity contribution < 1.29 is 0 Å². The molecular weight excluding hydrogens is 314 g/mol. The summed E-state index contributed by atoms with van der Waals surface area (Å²) in [6.45, 7) is 9.01. The summed E-state index contributed by atoms with van der Waals surface area (Å²) < 4.78 is 0. The van der Waals surface area contributed by atoms with Crippen LogP contribution in [0.3, 0.4) is 0 Å². The Bertz CT molecular complexity index is 653. The first-order valence-corrected chi connectivity index (χ1v) is 8.82. The molecule has 0 atom stereocenters.